The molecule has 0 amide bonds. The molecule has 0 bridgehead atoms. The molecule has 1 heterocycles. The van der Waals surface area contributed by atoms with Crippen LogP contribution in [-0.4, -0.2) is 19.3 Å². The molecular weight excluding hydrogens is 160 g/mol. The maximum Gasteiger partial charge on any atom is 0.0311 e. The van der Waals surface area contributed by atoms with Gasteiger partial charge in [-0.05, 0) is 26.0 Å². The smallest absolute Gasteiger partial charge is 0.0311 e. The Balaban J connectivity index is 2.81. The van der Waals surface area contributed by atoms with Gasteiger partial charge in [0, 0.05) is 24.9 Å². The summed E-state index contributed by atoms with van der Waals surface area (Å²) in [5.41, 5.74) is 2.72. The van der Waals surface area contributed by atoms with E-state index in [2.05, 4.69) is 30.2 Å². The first-order valence-corrected chi connectivity index (χ1v) is 4.86. The predicted molar refractivity (Wildman–Crippen MR) is 58.1 cm³/mol. The van der Waals surface area contributed by atoms with Crippen molar-refractivity contribution in [2.45, 2.75) is 32.7 Å². The predicted octanol–water partition coefficient (Wildman–Crippen LogP) is 2.29. The van der Waals surface area contributed by atoms with Crippen LogP contribution in [0, 0.1) is 0 Å². The van der Waals surface area contributed by atoms with Crippen LogP contribution in [0.4, 0.5) is 0 Å². The zero-order valence-corrected chi connectivity index (χ0v) is 8.67. The summed E-state index contributed by atoms with van der Waals surface area (Å²) in [7, 11) is 1.97. The second-order valence-corrected chi connectivity index (χ2v) is 3.33. The van der Waals surface area contributed by atoms with Gasteiger partial charge in [0.2, 0.25) is 0 Å². The number of nitrogens with zero attached hydrogens (tertiary/aromatic N) is 1. The van der Waals surface area contributed by atoms with E-state index >= 15 is 0 Å². The second kappa shape index (κ2) is 4.97. The van der Waals surface area contributed by atoms with Crippen LogP contribution in [0.15, 0.2) is 28.4 Å². The highest BCUT2D eigenvalue weighted by Crippen LogP contribution is 2.15. The van der Waals surface area contributed by atoms with E-state index in [9.17, 15) is 0 Å². The SMILES string of the molecule is CCC1=CC(C(C)NC)=CN=CC1. The summed E-state index contributed by atoms with van der Waals surface area (Å²) in [6.45, 7) is 4.34. The van der Waals surface area contributed by atoms with Crippen LogP contribution in [0.5, 0.6) is 0 Å². The Morgan fingerprint density at radius 2 is 2.38 bits per heavy atom. The van der Waals surface area contributed by atoms with E-state index in [0.29, 0.717) is 6.04 Å². The molecule has 0 aromatic carbocycles. The summed E-state index contributed by atoms with van der Waals surface area (Å²) in [5, 5.41) is 3.22. The Morgan fingerprint density at radius 1 is 1.62 bits per heavy atom. The molecule has 13 heavy (non-hydrogen) atoms. The molecule has 0 spiro atoms. The average Bonchev–Trinajstić information content (AvgIpc) is 2.41. The fourth-order valence-corrected chi connectivity index (χ4v) is 1.29. The van der Waals surface area contributed by atoms with Crippen molar-refractivity contribution in [2.24, 2.45) is 4.99 Å². The fourth-order valence-electron chi connectivity index (χ4n) is 1.29. The summed E-state index contributed by atoms with van der Waals surface area (Å²) in [6, 6.07) is 0.386. The molecule has 1 rings (SSSR count). The molecule has 1 aliphatic heterocycles. The third-order valence-electron chi connectivity index (χ3n) is 2.44. The van der Waals surface area contributed by atoms with Crippen molar-refractivity contribution in [1.29, 1.82) is 0 Å². The van der Waals surface area contributed by atoms with Gasteiger partial charge in [-0.1, -0.05) is 18.6 Å². The molecule has 1 unspecified atom stereocenters. The number of hydrogen-bond donors (Lipinski definition) is 1. The molecule has 0 saturated carbocycles. The lowest BCUT2D eigenvalue weighted by molar-refractivity contribution is 0.702. The number of likely N-dealkylation sites (N-methyl/N-ethyl adjacent to an activating group) is 1. The van der Waals surface area contributed by atoms with Gasteiger partial charge in [0.25, 0.3) is 0 Å². The minimum absolute atomic E-state index is 0.386. The van der Waals surface area contributed by atoms with Gasteiger partial charge in [-0.15, -0.1) is 0 Å². The second-order valence-electron chi connectivity index (χ2n) is 3.33. The van der Waals surface area contributed by atoms with Crippen molar-refractivity contribution in [3.8, 4) is 0 Å². The van der Waals surface area contributed by atoms with E-state index < -0.39 is 0 Å². The quantitative estimate of drug-likeness (QED) is 0.704. The summed E-state index contributed by atoms with van der Waals surface area (Å²) < 4.78 is 0. The van der Waals surface area contributed by atoms with Crippen molar-refractivity contribution in [1.82, 2.24) is 5.32 Å². The van der Waals surface area contributed by atoms with Crippen molar-refractivity contribution < 1.29 is 0 Å². The van der Waals surface area contributed by atoms with Crippen molar-refractivity contribution >= 4 is 6.21 Å². The Hall–Kier alpha value is -0.890. The molecule has 2 nitrogen and oxygen atoms in total. The summed E-state index contributed by atoms with van der Waals surface area (Å²) in [5.74, 6) is 0. The Labute approximate surface area is 80.4 Å². The Bertz CT molecular complexity index is 249. The lowest BCUT2D eigenvalue weighted by Gasteiger charge is -2.11. The third-order valence-corrected chi connectivity index (χ3v) is 2.44. The largest absolute Gasteiger partial charge is 0.313 e. The molecule has 0 aliphatic carbocycles. The Morgan fingerprint density at radius 3 is 3.00 bits per heavy atom. The highest BCUT2D eigenvalue weighted by atomic mass is 14.9. The summed E-state index contributed by atoms with van der Waals surface area (Å²) in [4.78, 5) is 4.24. The highest BCUT2D eigenvalue weighted by Gasteiger charge is 2.06. The molecule has 1 aliphatic rings. The van der Waals surface area contributed by atoms with Gasteiger partial charge >= 0.3 is 0 Å². The maximum absolute atomic E-state index is 4.24. The first kappa shape index (κ1) is 10.2. The van der Waals surface area contributed by atoms with Crippen LogP contribution >= 0.6 is 0 Å². The number of nitrogens with one attached hydrogen (secondary N) is 1. The van der Waals surface area contributed by atoms with Crippen molar-refractivity contribution in [2.75, 3.05) is 7.05 Å². The van der Waals surface area contributed by atoms with E-state index in [1.807, 2.05) is 19.5 Å². The topological polar surface area (TPSA) is 24.4 Å². The van der Waals surface area contributed by atoms with Crippen LogP contribution in [0.3, 0.4) is 0 Å². The van der Waals surface area contributed by atoms with Crippen molar-refractivity contribution in [3.05, 3.63) is 23.4 Å². The van der Waals surface area contributed by atoms with Gasteiger partial charge in [0.1, 0.15) is 0 Å². The molecule has 1 N–H and O–H groups in total. The molecule has 0 aromatic rings. The lowest BCUT2D eigenvalue weighted by atomic mass is 10.0. The van der Waals surface area contributed by atoms with Gasteiger partial charge in [0.15, 0.2) is 0 Å². The number of rotatable bonds is 3. The normalized spacial score (nSPS) is 19.0. The summed E-state index contributed by atoms with van der Waals surface area (Å²) >= 11 is 0. The molecule has 1 atom stereocenters. The first-order valence-electron chi connectivity index (χ1n) is 4.86. The van der Waals surface area contributed by atoms with E-state index in [1.54, 1.807) is 0 Å². The van der Waals surface area contributed by atoms with Gasteiger partial charge < -0.3 is 5.32 Å². The monoisotopic (exact) mass is 178 g/mol. The van der Waals surface area contributed by atoms with E-state index in [0.717, 1.165) is 12.8 Å². The molecule has 0 fully saturated rings. The summed E-state index contributed by atoms with van der Waals surface area (Å²) in [6.07, 6.45) is 8.29. The van der Waals surface area contributed by atoms with Crippen LogP contribution in [-0.2, 0) is 0 Å². The zero-order chi connectivity index (χ0) is 9.68. The van der Waals surface area contributed by atoms with Gasteiger partial charge in [0.05, 0.1) is 0 Å². The van der Waals surface area contributed by atoms with E-state index in [1.165, 1.54) is 11.1 Å². The first-order chi connectivity index (χ1) is 6.27. The van der Waals surface area contributed by atoms with Crippen LogP contribution in [0.1, 0.15) is 26.7 Å². The molecule has 0 radical (unpaired) electrons. The number of aliphatic imine (C=N–C) groups is 1. The van der Waals surface area contributed by atoms with Gasteiger partial charge in [-0.3, -0.25) is 4.99 Å². The third kappa shape index (κ3) is 2.81. The highest BCUT2D eigenvalue weighted by molar-refractivity contribution is 5.63. The standard InChI is InChI=1S/C11H18N2/c1-4-10-5-6-13-8-11(7-10)9(2)12-3/h6-9,12H,4-5H2,1-3H3. The number of allylic oxidation sites excluding steroid dienone is 1. The number of hydrogen-bond acceptors (Lipinski definition) is 2. The van der Waals surface area contributed by atoms with Gasteiger partial charge in [-0.25, -0.2) is 0 Å². The molecular formula is C11H18N2. The Kier molecular flexibility index (Phi) is 3.90. The minimum atomic E-state index is 0.386. The maximum atomic E-state index is 4.24. The zero-order valence-electron chi connectivity index (χ0n) is 8.67. The minimum Gasteiger partial charge on any atom is -0.313 e. The van der Waals surface area contributed by atoms with Crippen molar-refractivity contribution in [3.63, 3.8) is 0 Å². The average molecular weight is 178 g/mol. The molecule has 72 valence electrons. The molecule has 0 aromatic heterocycles. The fraction of sp³-hybridized carbons (Fsp3) is 0.545. The van der Waals surface area contributed by atoms with Gasteiger partial charge in [-0.2, -0.15) is 0 Å². The van der Waals surface area contributed by atoms with Crippen LogP contribution < -0.4 is 5.32 Å². The molecule has 2 heteroatoms. The molecule has 0 saturated heterocycles. The van der Waals surface area contributed by atoms with E-state index in [4.69, 9.17) is 0 Å². The lowest BCUT2D eigenvalue weighted by Crippen LogP contribution is -2.22. The van der Waals surface area contributed by atoms with E-state index in [-0.39, 0.29) is 0 Å². The van der Waals surface area contributed by atoms with Crippen LogP contribution in [0.25, 0.3) is 0 Å². The van der Waals surface area contributed by atoms with Crippen LogP contribution in [0.2, 0.25) is 0 Å².